The number of likely N-dealkylation sites (tertiary alicyclic amines) is 2. The predicted octanol–water partition coefficient (Wildman–Crippen LogP) is 0.134. The molecule has 2 aromatic heterocycles. The average Bonchev–Trinajstić information content (AvgIpc) is 3.44. The maximum absolute atomic E-state index is 13.4. The zero-order valence-corrected chi connectivity index (χ0v) is 16.8. The van der Waals surface area contributed by atoms with Crippen molar-refractivity contribution in [1.29, 1.82) is 0 Å². The number of nitrogens with one attached hydrogen (secondary N) is 2. The molecule has 2 amide bonds. The van der Waals surface area contributed by atoms with E-state index >= 15 is 0 Å². The normalized spacial score (nSPS) is 24.9. The van der Waals surface area contributed by atoms with Crippen molar-refractivity contribution in [2.75, 3.05) is 33.2 Å². The summed E-state index contributed by atoms with van der Waals surface area (Å²) in [5.74, 6) is -0.0119. The van der Waals surface area contributed by atoms with Crippen LogP contribution in [0.3, 0.4) is 0 Å². The fourth-order valence-electron chi connectivity index (χ4n) is 4.65. The molecular formula is C19H28N8O2. The predicted molar refractivity (Wildman–Crippen MR) is 105 cm³/mol. The van der Waals surface area contributed by atoms with Gasteiger partial charge in [-0.25, -0.2) is 0 Å². The van der Waals surface area contributed by atoms with Gasteiger partial charge in [0.05, 0.1) is 17.7 Å². The molecule has 0 aromatic carbocycles. The number of rotatable bonds is 6. The summed E-state index contributed by atoms with van der Waals surface area (Å²) in [4.78, 5) is 30.5. The molecular weight excluding hydrogens is 372 g/mol. The lowest BCUT2D eigenvalue weighted by atomic mass is 9.67. The number of hydrogen-bond donors (Lipinski definition) is 2. The minimum Gasteiger partial charge on any atom is -0.355 e. The number of H-pyrrole nitrogens is 1. The Labute approximate surface area is 169 Å². The standard InChI is InChI=1S/C19H28N8O2/c1-25-12-6-19(18(29)20-7-3-10-26-13-9-22-24-26)5-2-11-27(16(19)14-25)17(28)15-4-8-21-23-15/h4,8-9,13,16H,2-3,5-7,10-12,14H2,1H3,(H,20,29)(H,21,23)/t16-,19+/m0/s1. The van der Waals surface area contributed by atoms with Crippen LogP contribution in [0.5, 0.6) is 0 Å². The Bertz CT molecular complexity index is 821. The molecule has 2 aliphatic rings. The summed E-state index contributed by atoms with van der Waals surface area (Å²) in [5, 5.41) is 17.5. The van der Waals surface area contributed by atoms with Gasteiger partial charge >= 0.3 is 0 Å². The maximum atomic E-state index is 13.4. The quantitative estimate of drug-likeness (QED) is 0.667. The highest BCUT2D eigenvalue weighted by Gasteiger charge is 2.53. The molecule has 2 N–H and O–H groups in total. The van der Waals surface area contributed by atoms with Crippen LogP contribution in [0.1, 0.15) is 36.2 Å². The van der Waals surface area contributed by atoms with Crippen molar-refractivity contribution in [1.82, 2.24) is 40.3 Å². The van der Waals surface area contributed by atoms with Crippen LogP contribution in [-0.2, 0) is 11.3 Å². The molecule has 0 unspecified atom stereocenters. The van der Waals surface area contributed by atoms with Gasteiger partial charge in [-0.2, -0.15) is 5.10 Å². The summed E-state index contributed by atoms with van der Waals surface area (Å²) >= 11 is 0. The molecule has 0 spiro atoms. The van der Waals surface area contributed by atoms with E-state index in [0.29, 0.717) is 31.9 Å². The molecule has 0 bridgehead atoms. The lowest BCUT2D eigenvalue weighted by Crippen LogP contribution is -2.66. The number of carbonyl (C=O) groups is 2. The Hall–Kier alpha value is -2.75. The molecule has 29 heavy (non-hydrogen) atoms. The molecule has 0 aliphatic carbocycles. The number of aromatic amines is 1. The maximum Gasteiger partial charge on any atom is 0.272 e. The minimum absolute atomic E-state index is 0.0660. The molecule has 2 aliphatic heterocycles. The lowest BCUT2D eigenvalue weighted by Gasteiger charge is -2.53. The molecule has 2 atom stereocenters. The first kappa shape index (κ1) is 19.6. The van der Waals surface area contributed by atoms with Gasteiger partial charge in [0.25, 0.3) is 5.91 Å². The van der Waals surface area contributed by atoms with E-state index in [0.717, 1.165) is 32.2 Å². The van der Waals surface area contributed by atoms with Crippen molar-refractivity contribution < 1.29 is 9.59 Å². The van der Waals surface area contributed by atoms with E-state index in [4.69, 9.17) is 0 Å². The molecule has 10 heteroatoms. The SMILES string of the molecule is CN1CC[C@]2(C(=O)NCCCn3ccnn3)CCCN(C(=O)c3ccn[nH]3)[C@H]2C1. The first-order valence-electron chi connectivity index (χ1n) is 10.2. The van der Waals surface area contributed by atoms with Crippen molar-refractivity contribution in [3.8, 4) is 0 Å². The Kier molecular flexibility index (Phi) is 5.61. The molecule has 2 aromatic rings. The van der Waals surface area contributed by atoms with Crippen LogP contribution in [0.15, 0.2) is 24.7 Å². The topological polar surface area (TPSA) is 112 Å². The fraction of sp³-hybridized carbons (Fsp3) is 0.632. The zero-order chi connectivity index (χ0) is 20.3. The van der Waals surface area contributed by atoms with Gasteiger partial charge in [-0.3, -0.25) is 19.4 Å². The summed E-state index contributed by atoms with van der Waals surface area (Å²) in [7, 11) is 2.05. The Morgan fingerprint density at radius 1 is 1.31 bits per heavy atom. The number of aryl methyl sites for hydroxylation is 1. The Balaban J connectivity index is 1.46. The van der Waals surface area contributed by atoms with Crippen molar-refractivity contribution in [3.05, 3.63) is 30.4 Å². The van der Waals surface area contributed by atoms with Gasteiger partial charge in [0.2, 0.25) is 5.91 Å². The van der Waals surface area contributed by atoms with Crippen LogP contribution in [0.4, 0.5) is 0 Å². The van der Waals surface area contributed by atoms with E-state index < -0.39 is 5.41 Å². The Morgan fingerprint density at radius 2 is 2.21 bits per heavy atom. The van der Waals surface area contributed by atoms with Crippen LogP contribution in [0, 0.1) is 5.41 Å². The third-order valence-electron chi connectivity index (χ3n) is 6.23. The second-order valence-corrected chi connectivity index (χ2v) is 8.03. The number of piperidine rings is 2. The number of likely N-dealkylation sites (N-methyl/N-ethyl adjacent to an activating group) is 1. The average molecular weight is 400 g/mol. The van der Waals surface area contributed by atoms with Crippen molar-refractivity contribution in [2.45, 2.75) is 38.3 Å². The zero-order valence-electron chi connectivity index (χ0n) is 16.8. The number of fused-ring (bicyclic) bond motifs is 1. The number of hydrogen-bond acceptors (Lipinski definition) is 6. The fourth-order valence-corrected chi connectivity index (χ4v) is 4.65. The summed E-state index contributed by atoms with van der Waals surface area (Å²) < 4.78 is 1.76. The first-order valence-corrected chi connectivity index (χ1v) is 10.2. The third-order valence-corrected chi connectivity index (χ3v) is 6.23. The van der Waals surface area contributed by atoms with E-state index in [1.54, 1.807) is 23.1 Å². The second-order valence-electron chi connectivity index (χ2n) is 8.03. The van der Waals surface area contributed by atoms with Gasteiger partial charge in [-0.1, -0.05) is 5.21 Å². The lowest BCUT2D eigenvalue weighted by molar-refractivity contribution is -0.142. The first-order chi connectivity index (χ1) is 14.1. The molecule has 2 fully saturated rings. The van der Waals surface area contributed by atoms with E-state index in [9.17, 15) is 9.59 Å². The molecule has 4 heterocycles. The summed E-state index contributed by atoms with van der Waals surface area (Å²) in [5.41, 5.74) is -0.0597. The van der Waals surface area contributed by atoms with E-state index in [-0.39, 0.29) is 17.9 Å². The molecule has 0 radical (unpaired) electrons. The largest absolute Gasteiger partial charge is 0.355 e. The van der Waals surface area contributed by atoms with Crippen molar-refractivity contribution in [2.24, 2.45) is 5.41 Å². The van der Waals surface area contributed by atoms with Crippen molar-refractivity contribution in [3.63, 3.8) is 0 Å². The number of carbonyl (C=O) groups excluding carboxylic acids is 2. The summed E-state index contributed by atoms with van der Waals surface area (Å²) in [6.07, 6.45) is 8.23. The molecule has 2 saturated heterocycles. The summed E-state index contributed by atoms with van der Waals surface area (Å²) in [6, 6.07) is 1.55. The van der Waals surface area contributed by atoms with Gasteiger partial charge in [0, 0.05) is 38.6 Å². The number of amides is 2. The van der Waals surface area contributed by atoms with E-state index in [1.165, 1.54) is 0 Å². The monoisotopic (exact) mass is 400 g/mol. The van der Waals surface area contributed by atoms with Crippen LogP contribution in [0.2, 0.25) is 0 Å². The molecule has 10 nitrogen and oxygen atoms in total. The van der Waals surface area contributed by atoms with Gasteiger partial charge in [-0.15, -0.1) is 5.10 Å². The van der Waals surface area contributed by atoms with Gasteiger partial charge < -0.3 is 15.1 Å². The number of aromatic nitrogens is 5. The van der Waals surface area contributed by atoms with Crippen LogP contribution >= 0.6 is 0 Å². The minimum atomic E-state index is -0.534. The second kappa shape index (κ2) is 8.32. The molecule has 0 saturated carbocycles. The van der Waals surface area contributed by atoms with Crippen LogP contribution in [0.25, 0.3) is 0 Å². The van der Waals surface area contributed by atoms with Crippen LogP contribution in [-0.4, -0.2) is 86.1 Å². The van der Waals surface area contributed by atoms with Gasteiger partial charge in [0.15, 0.2) is 0 Å². The highest BCUT2D eigenvalue weighted by molar-refractivity contribution is 5.93. The number of nitrogens with zero attached hydrogens (tertiary/aromatic N) is 6. The summed E-state index contributed by atoms with van der Waals surface area (Å²) in [6.45, 7) is 3.51. The smallest absolute Gasteiger partial charge is 0.272 e. The molecule has 156 valence electrons. The van der Waals surface area contributed by atoms with Crippen molar-refractivity contribution >= 4 is 11.8 Å². The van der Waals surface area contributed by atoms with Gasteiger partial charge in [-0.05, 0) is 45.3 Å². The van der Waals surface area contributed by atoms with E-state index in [2.05, 4.69) is 30.7 Å². The van der Waals surface area contributed by atoms with Crippen LogP contribution < -0.4 is 5.32 Å². The highest BCUT2D eigenvalue weighted by Crippen LogP contribution is 2.43. The Morgan fingerprint density at radius 3 is 2.97 bits per heavy atom. The van der Waals surface area contributed by atoms with E-state index in [1.807, 2.05) is 18.1 Å². The molecule has 4 rings (SSSR count). The highest BCUT2D eigenvalue weighted by atomic mass is 16.2. The third kappa shape index (κ3) is 3.89. The van der Waals surface area contributed by atoms with Gasteiger partial charge in [0.1, 0.15) is 5.69 Å².